The topological polar surface area (TPSA) is 74.3 Å². The minimum Gasteiger partial charge on any atom is -0.493 e. The Morgan fingerprint density at radius 3 is 2.10 bits per heavy atom. The van der Waals surface area contributed by atoms with Gasteiger partial charge < -0.3 is 23.8 Å². The van der Waals surface area contributed by atoms with Crippen molar-refractivity contribution in [3.63, 3.8) is 0 Å². The summed E-state index contributed by atoms with van der Waals surface area (Å²) in [6.07, 6.45) is 2.71. The van der Waals surface area contributed by atoms with Gasteiger partial charge in [0.25, 0.3) is 5.91 Å². The maximum atomic E-state index is 13.1. The van der Waals surface area contributed by atoms with Gasteiger partial charge in [0, 0.05) is 18.3 Å². The normalized spacial score (nSPS) is 10.6. The summed E-state index contributed by atoms with van der Waals surface area (Å²) in [7, 11) is 4.48. The molecule has 0 spiro atoms. The zero-order valence-corrected chi connectivity index (χ0v) is 17.3. The number of benzene rings is 2. The van der Waals surface area contributed by atoms with Crippen LogP contribution >= 0.6 is 0 Å². The van der Waals surface area contributed by atoms with Gasteiger partial charge in [-0.25, -0.2) is 9.18 Å². The summed E-state index contributed by atoms with van der Waals surface area (Å²) in [5.74, 6) is -0.182. The van der Waals surface area contributed by atoms with Crippen molar-refractivity contribution in [1.29, 1.82) is 0 Å². The van der Waals surface area contributed by atoms with E-state index in [-0.39, 0.29) is 0 Å². The van der Waals surface area contributed by atoms with Crippen LogP contribution in [-0.4, -0.2) is 46.4 Å². The number of carbonyl (C=O) groups is 2. The first-order valence-corrected chi connectivity index (χ1v) is 9.14. The highest BCUT2D eigenvalue weighted by atomic mass is 19.1. The maximum absolute atomic E-state index is 13.1. The molecule has 0 aliphatic rings. The van der Waals surface area contributed by atoms with Crippen molar-refractivity contribution in [2.24, 2.45) is 0 Å². The third-order valence-electron chi connectivity index (χ3n) is 4.19. The van der Waals surface area contributed by atoms with E-state index >= 15 is 0 Å². The predicted octanol–water partition coefficient (Wildman–Crippen LogP) is 3.46. The van der Waals surface area contributed by atoms with E-state index in [0.29, 0.717) is 35.0 Å². The Kier molecular flexibility index (Phi) is 8.22. The van der Waals surface area contributed by atoms with Crippen LogP contribution < -0.4 is 19.1 Å². The van der Waals surface area contributed by atoms with Crippen LogP contribution in [-0.2, 0) is 14.3 Å². The molecular formula is C22H24FNO6. The van der Waals surface area contributed by atoms with E-state index in [0.717, 1.165) is 0 Å². The minimum atomic E-state index is -0.688. The molecule has 7 nitrogen and oxygen atoms in total. The van der Waals surface area contributed by atoms with Crippen molar-refractivity contribution >= 4 is 23.6 Å². The fraction of sp³-hybridized carbons (Fsp3) is 0.273. The number of likely N-dealkylation sites (N-methyl/N-ethyl adjacent to an activating group) is 1. The van der Waals surface area contributed by atoms with E-state index < -0.39 is 24.3 Å². The molecule has 0 unspecified atom stereocenters. The number of nitrogens with zero attached hydrogens (tertiary/aromatic N) is 1. The first-order valence-electron chi connectivity index (χ1n) is 9.14. The van der Waals surface area contributed by atoms with Crippen LogP contribution in [0.3, 0.4) is 0 Å². The molecular weight excluding hydrogens is 393 g/mol. The van der Waals surface area contributed by atoms with Gasteiger partial charge in [-0.3, -0.25) is 4.79 Å². The van der Waals surface area contributed by atoms with Gasteiger partial charge in [0.1, 0.15) is 5.82 Å². The molecule has 30 heavy (non-hydrogen) atoms. The summed E-state index contributed by atoms with van der Waals surface area (Å²) in [5.41, 5.74) is 1.14. The van der Waals surface area contributed by atoms with Crippen molar-refractivity contribution in [1.82, 2.24) is 0 Å². The van der Waals surface area contributed by atoms with E-state index in [1.165, 1.54) is 62.6 Å². The van der Waals surface area contributed by atoms with Crippen molar-refractivity contribution < 1.29 is 32.9 Å². The fourth-order valence-corrected chi connectivity index (χ4v) is 2.74. The van der Waals surface area contributed by atoms with Gasteiger partial charge in [-0.2, -0.15) is 0 Å². The van der Waals surface area contributed by atoms with Gasteiger partial charge in [0.15, 0.2) is 18.1 Å². The Bertz CT molecular complexity index is 885. The van der Waals surface area contributed by atoms with Crippen molar-refractivity contribution in [3.8, 4) is 17.2 Å². The Morgan fingerprint density at radius 1 is 1.00 bits per heavy atom. The molecule has 2 rings (SSSR count). The molecule has 160 valence electrons. The summed E-state index contributed by atoms with van der Waals surface area (Å²) >= 11 is 0. The Balaban J connectivity index is 2.02. The summed E-state index contributed by atoms with van der Waals surface area (Å²) in [6.45, 7) is 1.68. The van der Waals surface area contributed by atoms with Crippen LogP contribution in [0.4, 0.5) is 10.1 Å². The molecule has 0 saturated carbocycles. The number of rotatable bonds is 9. The molecule has 0 radical (unpaired) electrons. The minimum absolute atomic E-state index is 0.350. The second-order valence-corrected chi connectivity index (χ2v) is 6.01. The van der Waals surface area contributed by atoms with E-state index in [1.807, 2.05) is 0 Å². The van der Waals surface area contributed by atoms with Crippen molar-refractivity contribution in [2.75, 3.05) is 39.4 Å². The Hall–Kier alpha value is -3.55. The lowest BCUT2D eigenvalue weighted by Crippen LogP contribution is -2.34. The molecule has 0 heterocycles. The third kappa shape index (κ3) is 5.73. The average molecular weight is 417 g/mol. The summed E-state index contributed by atoms with van der Waals surface area (Å²) in [5, 5.41) is 0. The standard InChI is InChI=1S/C22H24FNO6/c1-5-24(17-9-7-16(23)8-10-17)20(25)14-30-21(26)11-6-15-12-18(27-2)22(29-4)19(13-15)28-3/h6-13H,5,14H2,1-4H3/b11-6+. The Morgan fingerprint density at radius 2 is 1.60 bits per heavy atom. The van der Waals surface area contributed by atoms with Gasteiger partial charge in [-0.15, -0.1) is 0 Å². The molecule has 0 saturated heterocycles. The van der Waals surface area contributed by atoms with Crippen LogP contribution in [0.2, 0.25) is 0 Å². The predicted molar refractivity (Wildman–Crippen MR) is 111 cm³/mol. The second-order valence-electron chi connectivity index (χ2n) is 6.01. The number of amides is 1. The molecule has 0 bridgehead atoms. The molecule has 0 aliphatic heterocycles. The van der Waals surface area contributed by atoms with Crippen molar-refractivity contribution in [3.05, 3.63) is 53.9 Å². The number of carbonyl (C=O) groups excluding carboxylic acids is 2. The molecule has 0 aliphatic carbocycles. The highest BCUT2D eigenvalue weighted by Crippen LogP contribution is 2.38. The maximum Gasteiger partial charge on any atom is 0.331 e. The van der Waals surface area contributed by atoms with Gasteiger partial charge in [0.05, 0.1) is 21.3 Å². The lowest BCUT2D eigenvalue weighted by Gasteiger charge is -2.20. The summed E-state index contributed by atoms with van der Waals surface area (Å²) in [6, 6.07) is 8.84. The van der Waals surface area contributed by atoms with Crippen LogP contribution in [0.1, 0.15) is 12.5 Å². The van der Waals surface area contributed by atoms with Gasteiger partial charge in [-0.05, 0) is 55.0 Å². The zero-order chi connectivity index (χ0) is 22.1. The molecule has 2 aromatic carbocycles. The fourth-order valence-electron chi connectivity index (χ4n) is 2.74. The lowest BCUT2D eigenvalue weighted by molar-refractivity contribution is -0.142. The number of halogens is 1. The van der Waals surface area contributed by atoms with Gasteiger partial charge in [0.2, 0.25) is 5.75 Å². The highest BCUT2D eigenvalue weighted by molar-refractivity contribution is 5.96. The largest absolute Gasteiger partial charge is 0.493 e. The SMILES string of the molecule is CCN(C(=O)COC(=O)/C=C/c1cc(OC)c(OC)c(OC)c1)c1ccc(F)cc1. The van der Waals surface area contributed by atoms with Crippen LogP contribution in [0, 0.1) is 5.82 Å². The molecule has 0 atom stereocenters. The van der Waals surface area contributed by atoms with Crippen molar-refractivity contribution in [2.45, 2.75) is 6.92 Å². The molecule has 0 fully saturated rings. The molecule has 2 aromatic rings. The number of anilines is 1. The Labute approximate surface area is 174 Å². The molecule has 1 amide bonds. The molecule has 0 aromatic heterocycles. The highest BCUT2D eigenvalue weighted by Gasteiger charge is 2.16. The number of methoxy groups -OCH3 is 3. The van der Waals surface area contributed by atoms with Crippen LogP contribution in [0.5, 0.6) is 17.2 Å². The zero-order valence-electron chi connectivity index (χ0n) is 17.3. The monoisotopic (exact) mass is 417 g/mol. The quantitative estimate of drug-likeness (QED) is 0.460. The van der Waals surface area contributed by atoms with E-state index in [1.54, 1.807) is 19.1 Å². The molecule has 8 heteroatoms. The van der Waals surface area contributed by atoms with E-state index in [2.05, 4.69) is 0 Å². The summed E-state index contributed by atoms with van der Waals surface area (Å²) in [4.78, 5) is 25.8. The lowest BCUT2D eigenvalue weighted by atomic mass is 10.1. The third-order valence-corrected chi connectivity index (χ3v) is 4.19. The number of ether oxygens (including phenoxy) is 4. The second kappa shape index (κ2) is 10.8. The number of hydrogen-bond acceptors (Lipinski definition) is 6. The first kappa shape index (κ1) is 22.7. The van der Waals surface area contributed by atoms with Crippen LogP contribution in [0.25, 0.3) is 6.08 Å². The smallest absolute Gasteiger partial charge is 0.331 e. The number of hydrogen-bond donors (Lipinski definition) is 0. The van der Waals surface area contributed by atoms with E-state index in [4.69, 9.17) is 18.9 Å². The molecule has 0 N–H and O–H groups in total. The van der Waals surface area contributed by atoms with Gasteiger partial charge >= 0.3 is 5.97 Å². The van der Waals surface area contributed by atoms with Crippen LogP contribution in [0.15, 0.2) is 42.5 Å². The van der Waals surface area contributed by atoms with E-state index in [9.17, 15) is 14.0 Å². The number of esters is 1. The average Bonchev–Trinajstić information content (AvgIpc) is 2.77. The first-order chi connectivity index (χ1) is 14.4. The summed E-state index contributed by atoms with van der Waals surface area (Å²) < 4.78 is 33.9. The van der Waals surface area contributed by atoms with Gasteiger partial charge in [-0.1, -0.05) is 0 Å².